The number of sulfonamides is 1. The van der Waals surface area contributed by atoms with Crippen LogP contribution >= 0.6 is 0 Å². The summed E-state index contributed by atoms with van der Waals surface area (Å²) in [5, 5.41) is 12.2. The molecule has 25 heavy (non-hydrogen) atoms. The van der Waals surface area contributed by atoms with Gasteiger partial charge in [-0.25, -0.2) is 13.2 Å². The SMILES string of the molecule is COC[C@H](C)Nc1ccc(C(=O)O)cc1S(=O)(=O)Nc1ccccc1. The Balaban J connectivity index is 2.44. The van der Waals surface area contributed by atoms with Gasteiger partial charge in [0.15, 0.2) is 0 Å². The fraction of sp³-hybridized carbons (Fsp3) is 0.235. The van der Waals surface area contributed by atoms with Gasteiger partial charge in [0, 0.05) is 18.8 Å². The number of hydrogen-bond acceptors (Lipinski definition) is 5. The standard InChI is InChI=1S/C17H20N2O5S/c1-12(11-24-2)18-15-9-8-13(17(20)21)10-16(15)25(22,23)19-14-6-4-3-5-7-14/h3-10,12,18-19H,11H2,1-2H3,(H,20,21)/t12-/m0/s1. The monoisotopic (exact) mass is 364 g/mol. The summed E-state index contributed by atoms with van der Waals surface area (Å²) in [5.74, 6) is -1.20. The Morgan fingerprint density at radius 3 is 2.48 bits per heavy atom. The molecule has 0 bridgehead atoms. The molecule has 7 nitrogen and oxygen atoms in total. The van der Waals surface area contributed by atoms with Crippen LogP contribution in [-0.2, 0) is 14.8 Å². The van der Waals surface area contributed by atoms with Crippen LogP contribution in [0.4, 0.5) is 11.4 Å². The molecule has 0 saturated heterocycles. The lowest BCUT2D eigenvalue weighted by molar-refractivity contribution is 0.0696. The lowest BCUT2D eigenvalue weighted by Gasteiger charge is -2.18. The van der Waals surface area contributed by atoms with Crippen LogP contribution in [0.5, 0.6) is 0 Å². The third-order valence-electron chi connectivity index (χ3n) is 3.36. The van der Waals surface area contributed by atoms with E-state index in [4.69, 9.17) is 9.84 Å². The topological polar surface area (TPSA) is 105 Å². The van der Waals surface area contributed by atoms with Gasteiger partial charge >= 0.3 is 5.97 Å². The maximum atomic E-state index is 12.8. The molecule has 0 aliphatic rings. The first kappa shape index (κ1) is 18.8. The number of carboxylic acid groups (broad SMARTS) is 1. The lowest BCUT2D eigenvalue weighted by atomic mass is 10.2. The summed E-state index contributed by atoms with van der Waals surface area (Å²) in [6.07, 6.45) is 0. The molecule has 0 aliphatic heterocycles. The third kappa shape index (κ3) is 4.94. The molecule has 2 rings (SSSR count). The number of aromatic carboxylic acids is 1. The van der Waals surface area contributed by atoms with Crippen molar-refractivity contribution in [1.29, 1.82) is 0 Å². The average Bonchev–Trinajstić information content (AvgIpc) is 2.55. The highest BCUT2D eigenvalue weighted by molar-refractivity contribution is 7.92. The fourth-order valence-corrected chi connectivity index (χ4v) is 3.53. The van der Waals surface area contributed by atoms with E-state index in [0.29, 0.717) is 18.0 Å². The Hall–Kier alpha value is -2.58. The molecule has 0 aliphatic carbocycles. The van der Waals surface area contributed by atoms with Crippen molar-refractivity contribution in [3.05, 3.63) is 54.1 Å². The van der Waals surface area contributed by atoms with E-state index in [9.17, 15) is 13.2 Å². The molecule has 0 heterocycles. The number of hydrogen-bond donors (Lipinski definition) is 3. The third-order valence-corrected chi connectivity index (χ3v) is 4.78. The Morgan fingerprint density at radius 2 is 1.88 bits per heavy atom. The molecule has 0 saturated carbocycles. The average molecular weight is 364 g/mol. The normalized spacial score (nSPS) is 12.4. The first-order valence-corrected chi connectivity index (χ1v) is 9.02. The van der Waals surface area contributed by atoms with Crippen LogP contribution in [0.3, 0.4) is 0 Å². The van der Waals surface area contributed by atoms with E-state index in [1.807, 2.05) is 6.92 Å². The van der Waals surface area contributed by atoms with E-state index in [1.54, 1.807) is 37.4 Å². The molecule has 0 unspecified atom stereocenters. The quantitative estimate of drug-likeness (QED) is 0.665. The Morgan fingerprint density at radius 1 is 1.20 bits per heavy atom. The zero-order valence-electron chi connectivity index (χ0n) is 13.9. The van der Waals surface area contributed by atoms with Crippen molar-refractivity contribution in [3.63, 3.8) is 0 Å². The molecule has 2 aromatic rings. The number of rotatable bonds is 8. The van der Waals surface area contributed by atoms with Crippen molar-refractivity contribution in [3.8, 4) is 0 Å². The first-order chi connectivity index (χ1) is 11.8. The van der Waals surface area contributed by atoms with Gasteiger partial charge in [-0.15, -0.1) is 0 Å². The second-order valence-electron chi connectivity index (χ2n) is 5.49. The Bertz CT molecular complexity index is 837. The van der Waals surface area contributed by atoms with E-state index in [2.05, 4.69) is 10.0 Å². The van der Waals surface area contributed by atoms with Crippen molar-refractivity contribution in [2.45, 2.75) is 17.9 Å². The van der Waals surface area contributed by atoms with E-state index in [1.165, 1.54) is 12.1 Å². The minimum absolute atomic E-state index is 0.113. The number of para-hydroxylation sites is 1. The van der Waals surface area contributed by atoms with Crippen LogP contribution in [0.2, 0.25) is 0 Å². The summed E-state index contributed by atoms with van der Waals surface area (Å²) in [6.45, 7) is 2.20. The van der Waals surface area contributed by atoms with Gasteiger partial charge < -0.3 is 15.2 Å². The molecule has 3 N–H and O–H groups in total. The van der Waals surface area contributed by atoms with Gasteiger partial charge in [-0.3, -0.25) is 4.72 Å². The second-order valence-corrected chi connectivity index (χ2v) is 7.14. The van der Waals surface area contributed by atoms with Gasteiger partial charge in [-0.05, 0) is 37.3 Å². The van der Waals surface area contributed by atoms with Crippen molar-refractivity contribution < 1.29 is 23.1 Å². The van der Waals surface area contributed by atoms with Crippen LogP contribution in [0.25, 0.3) is 0 Å². The maximum absolute atomic E-state index is 12.8. The number of methoxy groups -OCH3 is 1. The maximum Gasteiger partial charge on any atom is 0.335 e. The van der Waals surface area contributed by atoms with E-state index >= 15 is 0 Å². The van der Waals surface area contributed by atoms with Gasteiger partial charge in [0.2, 0.25) is 0 Å². The van der Waals surface area contributed by atoms with Gasteiger partial charge in [0.05, 0.1) is 17.9 Å². The first-order valence-electron chi connectivity index (χ1n) is 7.54. The highest BCUT2D eigenvalue weighted by Crippen LogP contribution is 2.26. The van der Waals surface area contributed by atoms with Crippen LogP contribution in [0.15, 0.2) is 53.4 Å². The van der Waals surface area contributed by atoms with Crippen molar-refractivity contribution in [2.24, 2.45) is 0 Å². The molecule has 0 spiro atoms. The number of ether oxygens (including phenoxy) is 1. The van der Waals surface area contributed by atoms with Crippen LogP contribution in [0.1, 0.15) is 17.3 Å². The van der Waals surface area contributed by atoms with Gasteiger partial charge in [0.1, 0.15) is 4.90 Å². The molecule has 0 aromatic heterocycles. The molecule has 1 atom stereocenters. The molecular weight excluding hydrogens is 344 g/mol. The smallest absolute Gasteiger partial charge is 0.335 e. The Kier molecular flexibility index (Phi) is 6.00. The van der Waals surface area contributed by atoms with Crippen molar-refractivity contribution >= 4 is 27.4 Å². The highest BCUT2D eigenvalue weighted by Gasteiger charge is 2.22. The molecule has 0 radical (unpaired) electrons. The van der Waals surface area contributed by atoms with E-state index < -0.39 is 16.0 Å². The molecule has 2 aromatic carbocycles. The molecule has 8 heteroatoms. The summed E-state index contributed by atoms with van der Waals surface area (Å²) in [4.78, 5) is 11.1. The number of nitrogens with one attached hydrogen (secondary N) is 2. The largest absolute Gasteiger partial charge is 0.478 e. The second kappa shape index (κ2) is 8.00. The zero-order valence-corrected chi connectivity index (χ0v) is 14.7. The van der Waals surface area contributed by atoms with Gasteiger partial charge in [0.25, 0.3) is 10.0 Å². The van der Waals surface area contributed by atoms with E-state index in [-0.39, 0.29) is 16.5 Å². The van der Waals surface area contributed by atoms with Crippen LogP contribution in [-0.4, -0.2) is 39.3 Å². The summed E-state index contributed by atoms with van der Waals surface area (Å²) < 4.78 is 33.0. The minimum Gasteiger partial charge on any atom is -0.478 e. The van der Waals surface area contributed by atoms with Crippen LogP contribution < -0.4 is 10.0 Å². The molecule has 0 amide bonds. The summed E-state index contributed by atoms with van der Waals surface area (Å²) >= 11 is 0. The lowest BCUT2D eigenvalue weighted by Crippen LogP contribution is -2.23. The molecule has 0 fully saturated rings. The summed E-state index contributed by atoms with van der Waals surface area (Å²) in [5.41, 5.74) is 0.579. The molecular formula is C17H20N2O5S. The molecule has 134 valence electrons. The van der Waals surface area contributed by atoms with Gasteiger partial charge in [-0.1, -0.05) is 18.2 Å². The van der Waals surface area contributed by atoms with Gasteiger partial charge in [-0.2, -0.15) is 0 Å². The predicted molar refractivity (Wildman–Crippen MR) is 95.6 cm³/mol. The summed E-state index contributed by atoms with van der Waals surface area (Å²) in [7, 11) is -2.44. The number of carbonyl (C=O) groups is 1. The number of benzene rings is 2. The fourth-order valence-electron chi connectivity index (χ4n) is 2.27. The Labute approximate surface area is 146 Å². The minimum atomic E-state index is -3.98. The van der Waals surface area contributed by atoms with Crippen molar-refractivity contribution in [2.75, 3.05) is 23.8 Å². The summed E-state index contributed by atoms with van der Waals surface area (Å²) in [6, 6.07) is 12.2. The van der Waals surface area contributed by atoms with E-state index in [0.717, 1.165) is 6.07 Å². The van der Waals surface area contributed by atoms with Crippen LogP contribution in [0, 0.1) is 0 Å². The predicted octanol–water partition coefficient (Wildman–Crippen LogP) is 2.63. The highest BCUT2D eigenvalue weighted by atomic mass is 32.2. The van der Waals surface area contributed by atoms with Crippen molar-refractivity contribution in [1.82, 2.24) is 0 Å². The zero-order chi connectivity index (χ0) is 18.4. The number of carboxylic acids is 1. The number of anilines is 2.